The smallest absolute Gasteiger partial charge is 0.349 e. The summed E-state index contributed by atoms with van der Waals surface area (Å²) >= 11 is 0. The van der Waals surface area contributed by atoms with Crippen LogP contribution in [0.3, 0.4) is 0 Å². The average molecular weight is 516 g/mol. The summed E-state index contributed by atoms with van der Waals surface area (Å²) in [6.45, 7) is 1.36. The summed E-state index contributed by atoms with van der Waals surface area (Å²) in [5.74, 6) is -1.18. The van der Waals surface area contributed by atoms with Crippen LogP contribution in [-0.2, 0) is 33.1 Å². The first-order valence-electron chi connectivity index (χ1n) is 12.0. The number of carbonyl (C=O) groups is 2. The molecule has 0 saturated heterocycles. The Morgan fingerprint density at radius 1 is 1.13 bits per heavy atom. The summed E-state index contributed by atoms with van der Waals surface area (Å²) in [4.78, 5) is 42.6. The molecule has 2 aromatic carbocycles. The van der Waals surface area contributed by atoms with Gasteiger partial charge in [0.2, 0.25) is 0 Å². The van der Waals surface area contributed by atoms with E-state index < -0.39 is 23.4 Å². The lowest BCUT2D eigenvalue weighted by Crippen LogP contribution is -2.44. The van der Waals surface area contributed by atoms with Gasteiger partial charge in [-0.15, -0.1) is 0 Å². The molecule has 0 fully saturated rings. The Labute approximate surface area is 215 Å². The number of benzene rings is 2. The van der Waals surface area contributed by atoms with Gasteiger partial charge >= 0.3 is 11.9 Å². The van der Waals surface area contributed by atoms with Crippen molar-refractivity contribution < 1.29 is 33.3 Å². The Balaban J connectivity index is 1.28. The predicted molar refractivity (Wildman–Crippen MR) is 132 cm³/mol. The third-order valence-corrected chi connectivity index (χ3v) is 6.88. The minimum absolute atomic E-state index is 0.0656. The molecule has 4 aromatic rings. The maximum Gasteiger partial charge on any atom is 0.349 e. The number of aromatic nitrogens is 2. The van der Waals surface area contributed by atoms with E-state index in [4.69, 9.17) is 19.2 Å². The zero-order valence-electron chi connectivity index (χ0n) is 20.2. The molecule has 1 atom stereocenters. The van der Waals surface area contributed by atoms with Gasteiger partial charge in [-0.2, -0.15) is 0 Å². The van der Waals surface area contributed by atoms with Crippen molar-refractivity contribution in [2.75, 3.05) is 6.61 Å². The first-order valence-corrected chi connectivity index (χ1v) is 12.0. The largest absolute Gasteiger partial charge is 0.482 e. The molecule has 2 aliphatic heterocycles. The van der Waals surface area contributed by atoms with E-state index in [1.807, 2.05) is 6.07 Å². The molecule has 9 nitrogen and oxygen atoms in total. The topological polar surface area (TPSA) is 117 Å². The van der Waals surface area contributed by atoms with E-state index in [2.05, 4.69) is 0 Å². The molecule has 0 spiro atoms. The summed E-state index contributed by atoms with van der Waals surface area (Å²) in [6.07, 6.45) is 0.0656. The minimum Gasteiger partial charge on any atom is -0.482 e. The van der Waals surface area contributed by atoms with E-state index in [1.54, 1.807) is 35.8 Å². The Morgan fingerprint density at radius 3 is 2.66 bits per heavy atom. The highest BCUT2D eigenvalue weighted by Crippen LogP contribution is 2.38. The van der Waals surface area contributed by atoms with Crippen LogP contribution in [0.5, 0.6) is 11.5 Å². The Morgan fingerprint density at radius 2 is 1.89 bits per heavy atom. The Kier molecular flexibility index (Phi) is 5.50. The molecule has 0 radical (unpaired) electrons. The van der Waals surface area contributed by atoms with Crippen molar-refractivity contribution >= 4 is 22.8 Å². The monoisotopic (exact) mass is 516 g/mol. The second-order valence-electron chi connectivity index (χ2n) is 9.17. The first-order chi connectivity index (χ1) is 18.3. The van der Waals surface area contributed by atoms with Crippen molar-refractivity contribution in [1.29, 1.82) is 0 Å². The Bertz CT molecular complexity index is 1700. The standard InChI is InChI=1S/C28H21FN2O7/c1-2-28(35)21-11-23-25-16(12-31(23)26(33)20(21)13-37-27(28)34)9-15-10-19(7-8-22(15)30-25)38-24(32)14-36-18-5-3-17(29)4-6-18/h3-11,35H,2,12-14H2,1H3/t28-/m0/s1. The number of fused-ring (bicyclic) bond motifs is 5. The number of ether oxygens (including phenoxy) is 3. The number of halogens is 1. The van der Waals surface area contributed by atoms with Crippen LogP contribution in [0.4, 0.5) is 4.39 Å². The molecule has 2 aliphatic rings. The van der Waals surface area contributed by atoms with Gasteiger partial charge in [-0.3, -0.25) is 4.79 Å². The zero-order chi connectivity index (χ0) is 26.6. The molecule has 0 amide bonds. The van der Waals surface area contributed by atoms with E-state index in [-0.39, 0.29) is 42.9 Å². The highest BCUT2D eigenvalue weighted by Gasteiger charge is 2.45. The lowest BCUT2D eigenvalue weighted by atomic mass is 9.86. The number of rotatable bonds is 5. The van der Waals surface area contributed by atoms with Gasteiger partial charge in [-0.1, -0.05) is 6.92 Å². The number of pyridine rings is 2. The molecular formula is C28H21FN2O7. The number of hydrogen-bond donors (Lipinski definition) is 1. The molecule has 0 unspecified atom stereocenters. The number of carbonyl (C=O) groups excluding carboxylic acids is 2. The molecule has 4 heterocycles. The van der Waals surface area contributed by atoms with E-state index in [0.29, 0.717) is 33.8 Å². The van der Waals surface area contributed by atoms with Crippen LogP contribution in [0.2, 0.25) is 0 Å². The van der Waals surface area contributed by atoms with Crippen molar-refractivity contribution in [3.63, 3.8) is 0 Å². The van der Waals surface area contributed by atoms with Crippen LogP contribution in [-0.4, -0.2) is 33.2 Å². The maximum absolute atomic E-state index is 13.3. The second-order valence-corrected chi connectivity index (χ2v) is 9.17. The summed E-state index contributed by atoms with van der Waals surface area (Å²) in [7, 11) is 0. The van der Waals surface area contributed by atoms with Crippen molar-refractivity contribution in [2.24, 2.45) is 0 Å². The molecule has 6 rings (SSSR count). The van der Waals surface area contributed by atoms with Crippen molar-refractivity contribution in [2.45, 2.75) is 32.1 Å². The SMILES string of the molecule is CC[C@@]1(O)C(=O)OCc2c1cc1n(c2=O)Cc2cc3cc(OC(=O)COc4ccc(F)cc4)ccc3nc2-1. The summed E-state index contributed by atoms with van der Waals surface area (Å²) in [5.41, 5.74) is 0.755. The van der Waals surface area contributed by atoms with Gasteiger partial charge in [-0.25, -0.2) is 19.0 Å². The van der Waals surface area contributed by atoms with Crippen LogP contribution < -0.4 is 15.0 Å². The fraction of sp³-hybridized carbons (Fsp3) is 0.214. The van der Waals surface area contributed by atoms with Gasteiger partial charge < -0.3 is 23.9 Å². The van der Waals surface area contributed by atoms with Crippen molar-refractivity contribution in [3.05, 3.63) is 87.5 Å². The third kappa shape index (κ3) is 3.81. The molecule has 192 valence electrons. The Hall–Kier alpha value is -4.57. The minimum atomic E-state index is -1.89. The second kappa shape index (κ2) is 8.77. The van der Waals surface area contributed by atoms with Crippen LogP contribution in [0, 0.1) is 5.82 Å². The fourth-order valence-corrected chi connectivity index (χ4v) is 4.86. The summed E-state index contributed by atoms with van der Waals surface area (Å²) in [6, 6.07) is 13.8. The van der Waals surface area contributed by atoms with Gasteiger partial charge in [0.05, 0.1) is 29.0 Å². The molecule has 10 heteroatoms. The van der Waals surface area contributed by atoms with Gasteiger partial charge in [0.25, 0.3) is 5.56 Å². The third-order valence-electron chi connectivity index (χ3n) is 6.88. The predicted octanol–water partition coefficient (Wildman–Crippen LogP) is 3.20. The number of esters is 2. The zero-order valence-corrected chi connectivity index (χ0v) is 20.2. The van der Waals surface area contributed by atoms with Crippen LogP contribution in [0.1, 0.15) is 30.0 Å². The highest BCUT2D eigenvalue weighted by atomic mass is 19.1. The molecule has 2 aromatic heterocycles. The van der Waals surface area contributed by atoms with Gasteiger partial charge in [0.15, 0.2) is 12.2 Å². The quantitative estimate of drug-likeness (QED) is 0.280. The fourth-order valence-electron chi connectivity index (χ4n) is 4.86. The number of nitrogens with zero attached hydrogens (tertiary/aromatic N) is 2. The van der Waals surface area contributed by atoms with Crippen molar-refractivity contribution in [3.8, 4) is 22.9 Å². The van der Waals surface area contributed by atoms with Gasteiger partial charge in [0.1, 0.15) is 23.9 Å². The van der Waals surface area contributed by atoms with E-state index in [0.717, 1.165) is 5.56 Å². The molecule has 1 N–H and O–H groups in total. The van der Waals surface area contributed by atoms with Crippen molar-refractivity contribution in [1.82, 2.24) is 9.55 Å². The van der Waals surface area contributed by atoms with E-state index in [9.17, 15) is 23.9 Å². The van der Waals surface area contributed by atoms with Gasteiger partial charge in [0, 0.05) is 16.5 Å². The average Bonchev–Trinajstić information content (AvgIpc) is 3.27. The molecule has 38 heavy (non-hydrogen) atoms. The number of hydrogen-bond acceptors (Lipinski definition) is 8. The van der Waals surface area contributed by atoms with Crippen LogP contribution in [0.25, 0.3) is 22.3 Å². The lowest BCUT2D eigenvalue weighted by molar-refractivity contribution is -0.172. The number of cyclic esters (lactones) is 1. The van der Waals surface area contributed by atoms with Crippen LogP contribution >= 0.6 is 0 Å². The molecule has 0 saturated carbocycles. The summed E-state index contributed by atoms with van der Waals surface area (Å²) < 4.78 is 30.4. The maximum atomic E-state index is 13.3. The molecule has 0 aliphatic carbocycles. The lowest BCUT2D eigenvalue weighted by Gasteiger charge is -2.31. The number of aliphatic hydroxyl groups is 1. The first kappa shape index (κ1) is 23.8. The van der Waals surface area contributed by atoms with E-state index >= 15 is 0 Å². The van der Waals surface area contributed by atoms with Gasteiger partial charge in [-0.05, 0) is 61.0 Å². The highest BCUT2D eigenvalue weighted by molar-refractivity contribution is 5.87. The molecular weight excluding hydrogens is 495 g/mol. The molecule has 0 bridgehead atoms. The normalized spacial score (nSPS) is 17.4. The van der Waals surface area contributed by atoms with E-state index in [1.165, 1.54) is 24.3 Å². The van der Waals surface area contributed by atoms with Crippen LogP contribution in [0.15, 0.2) is 59.4 Å². The summed E-state index contributed by atoms with van der Waals surface area (Å²) in [5, 5.41) is 11.7.